The van der Waals surface area contributed by atoms with Crippen molar-refractivity contribution in [3.8, 4) is 17.2 Å². The number of methoxy groups -OCH3 is 1. The van der Waals surface area contributed by atoms with Gasteiger partial charge in [0.15, 0.2) is 12.4 Å². The summed E-state index contributed by atoms with van der Waals surface area (Å²) < 4.78 is 24.8. The molecule has 39 heavy (non-hydrogen) atoms. The van der Waals surface area contributed by atoms with Gasteiger partial charge in [-0.05, 0) is 112 Å². The van der Waals surface area contributed by atoms with Crippen LogP contribution in [-0.4, -0.2) is 36.4 Å². The Bertz CT molecular complexity index is 1470. The van der Waals surface area contributed by atoms with Gasteiger partial charge in [0.1, 0.15) is 23.9 Å². The van der Waals surface area contributed by atoms with Crippen LogP contribution < -0.4 is 14.9 Å². The molecule has 0 fully saturated rings. The first kappa shape index (κ1) is 28.2. The normalized spacial score (nSPS) is 11.0. The molecule has 0 aliphatic rings. The van der Waals surface area contributed by atoms with Crippen molar-refractivity contribution in [2.45, 2.75) is 20.5 Å². The largest absolute Gasteiger partial charge is 0.486 e. The number of carbonyl (C=O) groups excluding carboxylic acids is 2. The quantitative estimate of drug-likeness (QED) is 0.125. The third kappa shape index (κ3) is 7.18. The van der Waals surface area contributed by atoms with Crippen molar-refractivity contribution in [2.75, 3.05) is 13.7 Å². The van der Waals surface area contributed by atoms with Crippen molar-refractivity contribution >= 4 is 50.0 Å². The van der Waals surface area contributed by atoms with E-state index in [1.807, 2.05) is 24.3 Å². The molecule has 4 aromatic rings. The summed E-state index contributed by atoms with van der Waals surface area (Å²) in [5.74, 6) is 0.730. The van der Waals surface area contributed by atoms with E-state index in [1.165, 1.54) is 13.3 Å². The lowest BCUT2D eigenvalue weighted by Crippen LogP contribution is -2.16. The molecule has 0 aliphatic carbocycles. The van der Waals surface area contributed by atoms with E-state index in [4.69, 9.17) is 13.9 Å². The zero-order chi connectivity index (χ0) is 27.9. The standard InChI is InChI=1S/C28H25Br2N3O6/c1-17-4-5-18(2)33(17)20-6-8-21(9-7-20)37-15-22-10-11-25(39-22)28(35)32-31-14-19-12-23(29)27(24(30)13-19)38-16-26(34)36-3/h4-14H,15-16H2,1-3H3,(H,32,35)/b31-14+. The smallest absolute Gasteiger partial charge is 0.343 e. The fourth-order valence-corrected chi connectivity index (χ4v) is 5.15. The third-order valence-electron chi connectivity index (χ3n) is 5.59. The molecule has 0 atom stereocenters. The molecule has 202 valence electrons. The summed E-state index contributed by atoms with van der Waals surface area (Å²) >= 11 is 6.79. The van der Waals surface area contributed by atoms with Gasteiger partial charge < -0.3 is 23.2 Å². The Morgan fingerprint density at radius 1 is 0.974 bits per heavy atom. The molecule has 11 heteroatoms. The number of hydrogen-bond acceptors (Lipinski definition) is 7. The summed E-state index contributed by atoms with van der Waals surface area (Å²) in [5.41, 5.74) is 6.48. The predicted molar refractivity (Wildman–Crippen MR) is 153 cm³/mol. The molecule has 9 nitrogen and oxygen atoms in total. The van der Waals surface area contributed by atoms with E-state index < -0.39 is 11.9 Å². The highest BCUT2D eigenvalue weighted by Crippen LogP contribution is 2.34. The van der Waals surface area contributed by atoms with Gasteiger partial charge in [-0.3, -0.25) is 4.79 Å². The molecule has 2 aromatic carbocycles. The lowest BCUT2D eigenvalue weighted by Gasteiger charge is -2.10. The van der Waals surface area contributed by atoms with E-state index in [0.29, 0.717) is 31.8 Å². The monoisotopic (exact) mass is 657 g/mol. The zero-order valence-corrected chi connectivity index (χ0v) is 24.5. The van der Waals surface area contributed by atoms with Crippen molar-refractivity contribution in [1.82, 2.24) is 9.99 Å². The van der Waals surface area contributed by atoms with Crippen molar-refractivity contribution in [2.24, 2.45) is 5.10 Å². The number of halogens is 2. The number of carbonyl (C=O) groups is 2. The number of hydrazone groups is 1. The van der Waals surface area contributed by atoms with Gasteiger partial charge in [-0.25, -0.2) is 10.2 Å². The summed E-state index contributed by atoms with van der Waals surface area (Å²) in [5, 5.41) is 3.99. The van der Waals surface area contributed by atoms with E-state index in [1.54, 1.807) is 24.3 Å². The molecule has 1 N–H and O–H groups in total. The molecule has 0 saturated heterocycles. The van der Waals surface area contributed by atoms with Gasteiger partial charge in [0, 0.05) is 17.1 Å². The topological polar surface area (TPSA) is 104 Å². The average Bonchev–Trinajstić information content (AvgIpc) is 3.53. The van der Waals surface area contributed by atoms with Crippen LogP contribution in [0.15, 0.2) is 79.1 Å². The van der Waals surface area contributed by atoms with E-state index in [2.05, 4.69) is 77.7 Å². The highest BCUT2D eigenvalue weighted by molar-refractivity contribution is 9.11. The number of aryl methyl sites for hydroxylation is 2. The first-order valence-electron chi connectivity index (χ1n) is 11.7. The Balaban J connectivity index is 1.30. The van der Waals surface area contributed by atoms with Crippen molar-refractivity contribution in [1.29, 1.82) is 0 Å². The zero-order valence-electron chi connectivity index (χ0n) is 21.4. The number of esters is 1. The Morgan fingerprint density at radius 3 is 2.28 bits per heavy atom. The highest BCUT2D eigenvalue weighted by atomic mass is 79.9. The minimum absolute atomic E-state index is 0.105. The van der Waals surface area contributed by atoms with Gasteiger partial charge in [-0.1, -0.05) is 0 Å². The van der Waals surface area contributed by atoms with Crippen LogP contribution in [-0.2, 0) is 16.1 Å². The van der Waals surface area contributed by atoms with Crippen LogP contribution in [0.5, 0.6) is 11.5 Å². The van der Waals surface area contributed by atoms with E-state index >= 15 is 0 Å². The third-order valence-corrected chi connectivity index (χ3v) is 6.77. The molecule has 0 saturated carbocycles. The second kappa shape index (κ2) is 12.8. The van der Waals surface area contributed by atoms with Gasteiger partial charge in [0.2, 0.25) is 0 Å². The number of rotatable bonds is 10. The maximum absolute atomic E-state index is 12.4. The summed E-state index contributed by atoms with van der Waals surface area (Å²) in [6.45, 7) is 4.07. The SMILES string of the molecule is COC(=O)COc1c(Br)cc(/C=N/NC(=O)c2ccc(COc3ccc(-n4c(C)ccc4C)cc3)o2)cc1Br. The van der Waals surface area contributed by atoms with Gasteiger partial charge in [-0.2, -0.15) is 5.10 Å². The molecule has 0 aliphatic heterocycles. The Labute approximate surface area is 242 Å². The summed E-state index contributed by atoms with van der Waals surface area (Å²) in [6.07, 6.45) is 1.46. The molecule has 0 bridgehead atoms. The van der Waals surface area contributed by atoms with Crippen molar-refractivity contribution < 1.29 is 28.2 Å². The number of ether oxygens (including phenoxy) is 3. The molecule has 0 spiro atoms. The van der Waals surface area contributed by atoms with Crippen molar-refractivity contribution in [3.63, 3.8) is 0 Å². The van der Waals surface area contributed by atoms with Crippen LogP contribution in [0.3, 0.4) is 0 Å². The summed E-state index contributed by atoms with van der Waals surface area (Å²) in [4.78, 5) is 23.8. The van der Waals surface area contributed by atoms with Crippen LogP contribution in [0, 0.1) is 13.8 Å². The number of furan rings is 1. The fraction of sp³-hybridized carbons (Fsp3) is 0.179. The second-order valence-corrected chi connectivity index (χ2v) is 10.1. The number of aromatic nitrogens is 1. The minimum Gasteiger partial charge on any atom is -0.486 e. The molecular formula is C28H25Br2N3O6. The highest BCUT2D eigenvalue weighted by Gasteiger charge is 2.13. The van der Waals surface area contributed by atoms with Gasteiger partial charge in [-0.15, -0.1) is 0 Å². The Kier molecular flexibility index (Phi) is 9.26. The van der Waals surface area contributed by atoms with Gasteiger partial charge >= 0.3 is 11.9 Å². The number of hydrogen-bond donors (Lipinski definition) is 1. The van der Waals surface area contributed by atoms with E-state index in [9.17, 15) is 9.59 Å². The van der Waals surface area contributed by atoms with Crippen molar-refractivity contribution in [3.05, 3.63) is 98.1 Å². The summed E-state index contributed by atoms with van der Waals surface area (Å²) in [6, 6.07) is 18.6. The minimum atomic E-state index is -0.504. The van der Waals surface area contributed by atoms with Gasteiger partial charge in [0.25, 0.3) is 0 Å². The molecule has 2 aromatic heterocycles. The second-order valence-electron chi connectivity index (χ2n) is 8.38. The molecule has 2 heterocycles. The van der Waals surface area contributed by atoms with Gasteiger partial charge in [0.05, 0.1) is 22.3 Å². The molecule has 4 rings (SSSR count). The predicted octanol–water partition coefficient (Wildman–Crippen LogP) is 6.11. The molecular weight excluding hydrogens is 634 g/mol. The van der Waals surface area contributed by atoms with Crippen LogP contribution >= 0.6 is 31.9 Å². The van der Waals surface area contributed by atoms with Crippen LogP contribution in [0.25, 0.3) is 5.69 Å². The Morgan fingerprint density at radius 2 is 1.64 bits per heavy atom. The first-order chi connectivity index (χ1) is 18.7. The Hall–Kier alpha value is -3.83. The van der Waals surface area contributed by atoms with Crippen LogP contribution in [0.2, 0.25) is 0 Å². The lowest BCUT2D eigenvalue weighted by molar-refractivity contribution is -0.142. The lowest BCUT2D eigenvalue weighted by atomic mass is 10.2. The number of amides is 1. The molecule has 0 unspecified atom stereocenters. The van der Waals surface area contributed by atoms with Crippen LogP contribution in [0.1, 0.15) is 33.3 Å². The maximum atomic E-state index is 12.4. The molecule has 0 radical (unpaired) electrons. The summed E-state index contributed by atoms with van der Waals surface area (Å²) in [7, 11) is 1.29. The first-order valence-corrected chi connectivity index (χ1v) is 13.3. The number of nitrogens with one attached hydrogen (secondary N) is 1. The van der Waals surface area contributed by atoms with E-state index in [-0.39, 0.29) is 19.0 Å². The van der Waals surface area contributed by atoms with E-state index in [0.717, 1.165) is 17.1 Å². The average molecular weight is 659 g/mol. The fourth-order valence-electron chi connectivity index (χ4n) is 3.70. The number of nitrogens with zero attached hydrogens (tertiary/aromatic N) is 2. The molecule has 1 amide bonds. The maximum Gasteiger partial charge on any atom is 0.343 e. The number of benzene rings is 2. The van der Waals surface area contributed by atoms with Crippen LogP contribution in [0.4, 0.5) is 0 Å².